The molecule has 1 saturated heterocycles. The fraction of sp³-hybridized carbons (Fsp3) is 0.933. The maximum atomic E-state index is 12.0. The van der Waals surface area contributed by atoms with E-state index in [-0.39, 0.29) is 12.0 Å². The molecule has 0 radical (unpaired) electrons. The van der Waals surface area contributed by atoms with Crippen molar-refractivity contribution < 1.29 is 9.53 Å². The molecule has 1 heterocycles. The Morgan fingerprint density at radius 2 is 2.30 bits per heavy atom. The molecule has 5 nitrogen and oxygen atoms in total. The Morgan fingerprint density at radius 3 is 3.05 bits per heavy atom. The lowest BCUT2D eigenvalue weighted by Crippen LogP contribution is -2.47. The number of hydrogen-bond donors (Lipinski definition) is 2. The number of nitrogens with one attached hydrogen (secondary N) is 1. The molecule has 2 fully saturated rings. The molecule has 1 aliphatic carbocycles. The number of morpholine rings is 1. The molecule has 116 valence electrons. The summed E-state index contributed by atoms with van der Waals surface area (Å²) in [6, 6.07) is 0.293. The van der Waals surface area contributed by atoms with E-state index in [0.29, 0.717) is 24.9 Å². The number of hydrogen-bond acceptors (Lipinski definition) is 4. The smallest absolute Gasteiger partial charge is 0.220 e. The summed E-state index contributed by atoms with van der Waals surface area (Å²) in [5.74, 6) is 0.625. The first-order valence-electron chi connectivity index (χ1n) is 8.03. The molecular weight excluding hydrogens is 254 g/mol. The number of rotatable bonds is 5. The lowest BCUT2D eigenvalue weighted by molar-refractivity contribution is -0.123. The van der Waals surface area contributed by atoms with Gasteiger partial charge >= 0.3 is 0 Å². The topological polar surface area (TPSA) is 67.6 Å². The number of nitrogens with two attached hydrogens (primary N) is 1. The van der Waals surface area contributed by atoms with E-state index in [1.54, 1.807) is 0 Å². The van der Waals surface area contributed by atoms with E-state index >= 15 is 0 Å². The Morgan fingerprint density at radius 1 is 1.45 bits per heavy atom. The molecule has 1 aliphatic heterocycles. The number of amides is 1. The molecule has 1 amide bonds. The van der Waals surface area contributed by atoms with Crippen LogP contribution < -0.4 is 11.1 Å². The molecule has 0 spiro atoms. The summed E-state index contributed by atoms with van der Waals surface area (Å²) < 4.78 is 5.69. The van der Waals surface area contributed by atoms with Crippen LogP contribution in [0.1, 0.15) is 39.0 Å². The monoisotopic (exact) mass is 283 g/mol. The van der Waals surface area contributed by atoms with E-state index < -0.39 is 0 Å². The zero-order chi connectivity index (χ0) is 14.4. The van der Waals surface area contributed by atoms with Crippen molar-refractivity contribution in [3.63, 3.8) is 0 Å². The summed E-state index contributed by atoms with van der Waals surface area (Å²) in [4.78, 5) is 14.4. The number of carbonyl (C=O) groups is 1. The van der Waals surface area contributed by atoms with Gasteiger partial charge in [-0.2, -0.15) is 0 Å². The Balaban J connectivity index is 1.64. The summed E-state index contributed by atoms with van der Waals surface area (Å²) >= 11 is 0. The van der Waals surface area contributed by atoms with Crippen LogP contribution in [0.15, 0.2) is 0 Å². The van der Waals surface area contributed by atoms with Crippen LogP contribution >= 0.6 is 0 Å². The molecule has 3 N–H and O–H groups in total. The second kappa shape index (κ2) is 7.96. The minimum Gasteiger partial charge on any atom is -0.374 e. The molecule has 0 aromatic heterocycles. The summed E-state index contributed by atoms with van der Waals surface area (Å²) in [6.07, 6.45) is 5.18. The van der Waals surface area contributed by atoms with Crippen molar-refractivity contribution in [1.82, 2.24) is 10.2 Å². The van der Waals surface area contributed by atoms with Gasteiger partial charge < -0.3 is 15.8 Å². The molecule has 2 rings (SSSR count). The van der Waals surface area contributed by atoms with Crippen LogP contribution in [0.25, 0.3) is 0 Å². The van der Waals surface area contributed by atoms with E-state index in [4.69, 9.17) is 10.5 Å². The van der Waals surface area contributed by atoms with Crippen LogP contribution in [0.2, 0.25) is 0 Å². The Hall–Kier alpha value is -0.650. The lowest BCUT2D eigenvalue weighted by atomic mass is 9.84. The maximum Gasteiger partial charge on any atom is 0.220 e. The predicted octanol–water partition coefficient (Wildman–Crippen LogP) is 0.731. The first-order chi connectivity index (χ1) is 9.67. The van der Waals surface area contributed by atoms with E-state index in [1.165, 1.54) is 0 Å². The Labute approximate surface area is 122 Å². The van der Waals surface area contributed by atoms with Gasteiger partial charge in [-0.3, -0.25) is 9.69 Å². The van der Waals surface area contributed by atoms with E-state index in [0.717, 1.165) is 51.9 Å². The van der Waals surface area contributed by atoms with Crippen LogP contribution in [0.4, 0.5) is 0 Å². The minimum absolute atomic E-state index is 0.140. The molecule has 2 aliphatic rings. The van der Waals surface area contributed by atoms with Gasteiger partial charge in [-0.1, -0.05) is 13.3 Å². The van der Waals surface area contributed by atoms with E-state index in [2.05, 4.69) is 17.1 Å². The van der Waals surface area contributed by atoms with Crippen LogP contribution in [0, 0.1) is 5.92 Å². The molecule has 3 unspecified atom stereocenters. The molecule has 20 heavy (non-hydrogen) atoms. The standard InChI is InChI=1S/C15H29N3O2/c1-2-18-6-7-20-14(11-18)10-17-15(19)9-12-4-3-5-13(16)8-12/h12-14H,2-11,16H2,1H3,(H,17,19). The van der Waals surface area contributed by atoms with Gasteiger partial charge in [0.1, 0.15) is 0 Å². The van der Waals surface area contributed by atoms with E-state index in [9.17, 15) is 4.79 Å². The lowest BCUT2D eigenvalue weighted by Gasteiger charge is -2.32. The summed E-state index contributed by atoms with van der Waals surface area (Å²) in [5.41, 5.74) is 5.97. The van der Waals surface area contributed by atoms with Crippen molar-refractivity contribution in [2.45, 2.75) is 51.2 Å². The average Bonchev–Trinajstić information content (AvgIpc) is 2.45. The fourth-order valence-corrected chi connectivity index (χ4v) is 3.27. The van der Waals surface area contributed by atoms with Gasteiger partial charge in [0.2, 0.25) is 5.91 Å². The van der Waals surface area contributed by atoms with Crippen LogP contribution in [0.3, 0.4) is 0 Å². The van der Waals surface area contributed by atoms with Crippen LogP contribution in [0.5, 0.6) is 0 Å². The minimum atomic E-state index is 0.140. The third kappa shape index (κ3) is 5.04. The molecule has 0 bridgehead atoms. The number of carbonyl (C=O) groups excluding carboxylic acids is 1. The fourth-order valence-electron chi connectivity index (χ4n) is 3.27. The normalized spacial score (nSPS) is 32.0. The van der Waals surface area contributed by atoms with Gasteiger partial charge in [0, 0.05) is 32.1 Å². The zero-order valence-corrected chi connectivity index (χ0v) is 12.6. The summed E-state index contributed by atoms with van der Waals surface area (Å²) in [7, 11) is 0. The maximum absolute atomic E-state index is 12.0. The largest absolute Gasteiger partial charge is 0.374 e. The highest BCUT2D eigenvalue weighted by atomic mass is 16.5. The average molecular weight is 283 g/mol. The molecule has 0 aromatic rings. The van der Waals surface area contributed by atoms with Crippen LogP contribution in [-0.4, -0.2) is 55.7 Å². The van der Waals surface area contributed by atoms with Crippen molar-refractivity contribution in [3.05, 3.63) is 0 Å². The Kier molecular flexibility index (Phi) is 6.26. The van der Waals surface area contributed by atoms with Gasteiger partial charge in [-0.25, -0.2) is 0 Å². The second-order valence-corrected chi connectivity index (χ2v) is 6.19. The number of nitrogens with zero attached hydrogens (tertiary/aromatic N) is 1. The Bertz CT molecular complexity index is 311. The van der Waals surface area contributed by atoms with Crippen LogP contribution in [-0.2, 0) is 9.53 Å². The SMILES string of the molecule is CCN1CCOC(CNC(=O)CC2CCCC(N)C2)C1. The third-order valence-corrected chi connectivity index (χ3v) is 4.49. The van der Waals surface area contributed by atoms with Crippen molar-refractivity contribution in [2.75, 3.05) is 32.8 Å². The number of likely N-dealkylation sites (N-methyl/N-ethyl adjacent to an activating group) is 1. The first-order valence-corrected chi connectivity index (χ1v) is 8.03. The molecule has 1 saturated carbocycles. The van der Waals surface area contributed by atoms with Crippen molar-refractivity contribution in [3.8, 4) is 0 Å². The summed E-state index contributed by atoms with van der Waals surface area (Å²) in [5, 5.41) is 3.03. The van der Waals surface area contributed by atoms with Gasteiger partial charge in [-0.15, -0.1) is 0 Å². The highest BCUT2D eigenvalue weighted by molar-refractivity contribution is 5.76. The van der Waals surface area contributed by atoms with Gasteiger partial charge in [-0.05, 0) is 31.7 Å². The summed E-state index contributed by atoms with van der Waals surface area (Å²) in [6.45, 7) is 6.53. The van der Waals surface area contributed by atoms with Crippen molar-refractivity contribution in [1.29, 1.82) is 0 Å². The van der Waals surface area contributed by atoms with Crippen molar-refractivity contribution in [2.24, 2.45) is 11.7 Å². The van der Waals surface area contributed by atoms with Gasteiger partial charge in [0.15, 0.2) is 0 Å². The number of ether oxygens (including phenoxy) is 1. The molecule has 5 heteroatoms. The first kappa shape index (κ1) is 15.7. The quantitative estimate of drug-likeness (QED) is 0.780. The van der Waals surface area contributed by atoms with Gasteiger partial charge in [0.05, 0.1) is 12.7 Å². The third-order valence-electron chi connectivity index (χ3n) is 4.49. The highest BCUT2D eigenvalue weighted by Gasteiger charge is 2.23. The molecular formula is C15H29N3O2. The highest BCUT2D eigenvalue weighted by Crippen LogP contribution is 2.25. The molecule has 3 atom stereocenters. The van der Waals surface area contributed by atoms with Gasteiger partial charge in [0.25, 0.3) is 0 Å². The van der Waals surface area contributed by atoms with Crippen molar-refractivity contribution >= 4 is 5.91 Å². The predicted molar refractivity (Wildman–Crippen MR) is 79.4 cm³/mol. The molecule has 0 aromatic carbocycles. The van der Waals surface area contributed by atoms with E-state index in [1.807, 2.05) is 0 Å². The zero-order valence-electron chi connectivity index (χ0n) is 12.6. The second-order valence-electron chi connectivity index (χ2n) is 6.19.